The summed E-state index contributed by atoms with van der Waals surface area (Å²) in [6, 6.07) is 3.89. The Hall–Kier alpha value is -2.75. The minimum absolute atomic E-state index is 0.0115. The Labute approximate surface area is 212 Å². The van der Waals surface area contributed by atoms with Crippen molar-refractivity contribution in [2.75, 3.05) is 25.1 Å². The molecule has 0 saturated carbocycles. The highest BCUT2D eigenvalue weighted by Gasteiger charge is 2.40. The number of amides is 1. The van der Waals surface area contributed by atoms with Crippen molar-refractivity contribution in [3.8, 4) is 0 Å². The second-order valence-corrected chi connectivity index (χ2v) is 11.1. The lowest BCUT2D eigenvalue weighted by Gasteiger charge is -2.46. The molecule has 0 aromatic carbocycles. The van der Waals surface area contributed by atoms with Gasteiger partial charge in [-0.05, 0) is 50.3 Å². The minimum atomic E-state index is -0.228. The van der Waals surface area contributed by atoms with Gasteiger partial charge in [-0.3, -0.25) is 4.79 Å². The van der Waals surface area contributed by atoms with Crippen molar-refractivity contribution >= 4 is 56.1 Å². The average molecular weight is 511 g/mol. The summed E-state index contributed by atoms with van der Waals surface area (Å²) >= 11 is 8.20. The summed E-state index contributed by atoms with van der Waals surface area (Å²) in [7, 11) is 0. The van der Waals surface area contributed by atoms with Gasteiger partial charge in [-0.2, -0.15) is 5.10 Å². The van der Waals surface area contributed by atoms with E-state index in [9.17, 15) is 4.79 Å². The van der Waals surface area contributed by atoms with Gasteiger partial charge in [0.2, 0.25) is 5.91 Å². The van der Waals surface area contributed by atoms with Crippen molar-refractivity contribution in [1.82, 2.24) is 24.5 Å². The van der Waals surface area contributed by atoms with Crippen LogP contribution in [0.25, 0.3) is 15.7 Å². The number of rotatable bonds is 4. The molecule has 2 aliphatic rings. The number of anilines is 2. The molecule has 0 radical (unpaired) electrons. The van der Waals surface area contributed by atoms with Crippen LogP contribution in [0.4, 0.5) is 11.5 Å². The SMILES string of the molecule is CC[C@]1(C)COCCN1C(=O)C1CCc2c(sc3ncnc(Nc4cc5ccnn5cc4Cl)c23)C1. The summed E-state index contributed by atoms with van der Waals surface area (Å²) in [4.78, 5) is 27.0. The summed E-state index contributed by atoms with van der Waals surface area (Å²) in [6.07, 6.45) is 8.40. The molecule has 8 nitrogen and oxygen atoms in total. The summed E-state index contributed by atoms with van der Waals surface area (Å²) in [6.45, 7) is 6.15. The van der Waals surface area contributed by atoms with Gasteiger partial charge in [0, 0.05) is 29.7 Å². The molecule has 4 aromatic heterocycles. The Morgan fingerprint density at radius 3 is 3.14 bits per heavy atom. The molecule has 10 heteroatoms. The fourth-order valence-electron chi connectivity index (χ4n) is 5.26. The zero-order valence-corrected chi connectivity index (χ0v) is 21.3. The van der Waals surface area contributed by atoms with Gasteiger partial charge in [0.1, 0.15) is 17.0 Å². The number of morpholine rings is 1. The molecule has 35 heavy (non-hydrogen) atoms. The second-order valence-electron chi connectivity index (χ2n) is 9.60. The Morgan fingerprint density at radius 1 is 1.40 bits per heavy atom. The van der Waals surface area contributed by atoms with Crippen LogP contribution in [0.2, 0.25) is 5.02 Å². The van der Waals surface area contributed by atoms with Crippen LogP contribution in [-0.4, -0.2) is 55.7 Å². The van der Waals surface area contributed by atoms with Crippen LogP contribution >= 0.6 is 22.9 Å². The Morgan fingerprint density at radius 2 is 2.29 bits per heavy atom. The van der Waals surface area contributed by atoms with Crippen LogP contribution in [-0.2, 0) is 22.4 Å². The number of thiophene rings is 1. The summed E-state index contributed by atoms with van der Waals surface area (Å²) in [5.41, 5.74) is 2.74. The monoisotopic (exact) mass is 510 g/mol. The lowest BCUT2D eigenvalue weighted by atomic mass is 9.85. The number of aromatic nitrogens is 4. The number of halogens is 1. The van der Waals surface area contributed by atoms with Crippen molar-refractivity contribution < 1.29 is 9.53 Å². The highest BCUT2D eigenvalue weighted by atomic mass is 35.5. The third-order valence-corrected chi connectivity index (χ3v) is 8.95. The fraction of sp³-hybridized carbons (Fsp3) is 0.440. The Bertz CT molecular complexity index is 1430. The number of carbonyl (C=O) groups is 1. The molecule has 1 fully saturated rings. The third kappa shape index (κ3) is 3.86. The molecule has 1 unspecified atom stereocenters. The van der Waals surface area contributed by atoms with Crippen LogP contribution in [0.5, 0.6) is 0 Å². The second kappa shape index (κ2) is 8.72. The average Bonchev–Trinajstić information content (AvgIpc) is 3.47. The highest BCUT2D eigenvalue weighted by molar-refractivity contribution is 7.19. The van der Waals surface area contributed by atoms with E-state index in [2.05, 4.69) is 39.1 Å². The van der Waals surface area contributed by atoms with Crippen molar-refractivity contribution in [2.45, 2.75) is 45.1 Å². The molecule has 1 amide bonds. The van der Waals surface area contributed by atoms with Gasteiger partial charge in [-0.1, -0.05) is 18.5 Å². The van der Waals surface area contributed by atoms with E-state index >= 15 is 0 Å². The normalized spacial score (nSPS) is 22.5. The van der Waals surface area contributed by atoms with Gasteiger partial charge in [0.05, 0.1) is 40.4 Å². The first-order valence-electron chi connectivity index (χ1n) is 12.0. The van der Waals surface area contributed by atoms with E-state index < -0.39 is 0 Å². The van der Waals surface area contributed by atoms with E-state index in [4.69, 9.17) is 16.3 Å². The van der Waals surface area contributed by atoms with E-state index in [1.54, 1.807) is 34.6 Å². The van der Waals surface area contributed by atoms with Crippen molar-refractivity contribution in [3.05, 3.63) is 46.3 Å². The predicted octanol–water partition coefficient (Wildman–Crippen LogP) is 4.87. The van der Waals surface area contributed by atoms with Gasteiger partial charge >= 0.3 is 0 Å². The van der Waals surface area contributed by atoms with E-state index in [1.165, 1.54) is 10.4 Å². The number of nitrogens with zero attached hydrogens (tertiary/aromatic N) is 5. The molecule has 182 valence electrons. The molecular formula is C25H27ClN6O2S. The molecule has 1 aliphatic heterocycles. The molecule has 4 aromatic rings. The van der Waals surface area contributed by atoms with Crippen LogP contribution in [0, 0.1) is 5.92 Å². The smallest absolute Gasteiger partial charge is 0.226 e. The van der Waals surface area contributed by atoms with Gasteiger partial charge in [-0.25, -0.2) is 14.5 Å². The molecule has 2 atom stereocenters. The quantitative estimate of drug-likeness (QED) is 0.421. The van der Waals surface area contributed by atoms with Gasteiger partial charge in [0.25, 0.3) is 0 Å². The van der Waals surface area contributed by atoms with E-state index in [-0.39, 0.29) is 17.4 Å². The molecule has 6 rings (SSSR count). The van der Waals surface area contributed by atoms with Gasteiger partial charge in [0.15, 0.2) is 0 Å². The predicted molar refractivity (Wildman–Crippen MR) is 138 cm³/mol. The van der Waals surface area contributed by atoms with Crippen molar-refractivity contribution in [2.24, 2.45) is 5.92 Å². The van der Waals surface area contributed by atoms with Gasteiger partial charge < -0.3 is 15.0 Å². The van der Waals surface area contributed by atoms with Crippen LogP contribution in [0.1, 0.15) is 37.1 Å². The number of nitrogens with one attached hydrogen (secondary N) is 1. The summed E-state index contributed by atoms with van der Waals surface area (Å²) in [5, 5.41) is 9.27. The minimum Gasteiger partial charge on any atom is -0.377 e. The van der Waals surface area contributed by atoms with E-state index in [0.717, 1.165) is 52.9 Å². The lowest BCUT2D eigenvalue weighted by molar-refractivity contribution is -0.153. The maximum absolute atomic E-state index is 13.6. The number of ether oxygens (including phenoxy) is 1. The maximum atomic E-state index is 13.6. The number of pyridine rings is 1. The zero-order chi connectivity index (χ0) is 24.2. The van der Waals surface area contributed by atoms with Crippen LogP contribution < -0.4 is 5.32 Å². The summed E-state index contributed by atoms with van der Waals surface area (Å²) < 4.78 is 7.44. The largest absolute Gasteiger partial charge is 0.377 e. The molecule has 0 bridgehead atoms. The van der Waals surface area contributed by atoms with Crippen molar-refractivity contribution in [3.63, 3.8) is 0 Å². The first-order chi connectivity index (χ1) is 17.0. The molecule has 5 heterocycles. The molecular weight excluding hydrogens is 484 g/mol. The molecule has 1 saturated heterocycles. The number of hydrogen-bond acceptors (Lipinski definition) is 7. The third-order valence-electron chi connectivity index (χ3n) is 7.49. The topological polar surface area (TPSA) is 84.6 Å². The molecule has 1 N–H and O–H groups in total. The number of hydrogen-bond donors (Lipinski definition) is 1. The van der Waals surface area contributed by atoms with Crippen molar-refractivity contribution in [1.29, 1.82) is 0 Å². The lowest BCUT2D eigenvalue weighted by Crippen LogP contribution is -2.58. The Kier molecular flexibility index (Phi) is 5.66. The summed E-state index contributed by atoms with van der Waals surface area (Å²) in [5.74, 6) is 0.989. The number of fused-ring (bicyclic) bond motifs is 4. The first kappa shape index (κ1) is 22.7. The van der Waals surface area contributed by atoms with Gasteiger partial charge in [-0.15, -0.1) is 11.3 Å². The van der Waals surface area contributed by atoms with E-state index in [0.29, 0.717) is 24.8 Å². The highest BCUT2D eigenvalue weighted by Crippen LogP contribution is 2.42. The molecule has 0 spiro atoms. The zero-order valence-electron chi connectivity index (χ0n) is 19.8. The molecule has 1 aliphatic carbocycles. The maximum Gasteiger partial charge on any atom is 0.226 e. The Balaban J connectivity index is 1.30. The number of carbonyl (C=O) groups excluding carboxylic acids is 1. The van der Waals surface area contributed by atoms with Crippen LogP contribution in [0.3, 0.4) is 0 Å². The standard InChI is InChI=1S/C25H27ClN6O2S/c1-3-25(2)13-34-9-8-31(25)24(33)15-4-5-17-20(10-15)35-23-21(17)22(27-14-28-23)30-19-11-16-6-7-29-32(16)12-18(19)26/h6-7,11-12,14-15H,3-5,8-10,13H2,1-2H3,(H,27,28,30)/t15?,25-/m1/s1. The first-order valence-corrected chi connectivity index (χ1v) is 13.2. The fourth-order valence-corrected chi connectivity index (χ4v) is 6.73. The van der Waals surface area contributed by atoms with Crippen LogP contribution in [0.15, 0.2) is 30.9 Å². The number of aryl methyl sites for hydroxylation is 1. The van der Waals surface area contributed by atoms with E-state index in [1.807, 2.05) is 12.1 Å².